The molecule has 0 radical (unpaired) electrons. The molecule has 1 aromatic rings. The highest BCUT2D eigenvalue weighted by molar-refractivity contribution is 5.28. The van der Waals surface area contributed by atoms with E-state index in [2.05, 4.69) is 19.1 Å². The van der Waals surface area contributed by atoms with Crippen LogP contribution >= 0.6 is 0 Å². The van der Waals surface area contributed by atoms with Crippen LogP contribution in [0.2, 0.25) is 0 Å². The standard InChI is InChI=1S/C13H18O2/c1-2-10-5-3-6-11(9-10)15-13-8-4-7-12(13)14/h3,5-6,9,12-14H,2,4,7-8H2,1H3/t12-,13-/m0/s1. The van der Waals surface area contributed by atoms with Gasteiger partial charge >= 0.3 is 0 Å². The molecule has 1 N–H and O–H groups in total. The van der Waals surface area contributed by atoms with Crippen LogP contribution in [0, 0.1) is 0 Å². The number of aliphatic hydroxyl groups excluding tert-OH is 1. The van der Waals surface area contributed by atoms with E-state index < -0.39 is 0 Å². The predicted octanol–water partition coefficient (Wildman–Crippen LogP) is 2.54. The summed E-state index contributed by atoms with van der Waals surface area (Å²) >= 11 is 0. The van der Waals surface area contributed by atoms with Gasteiger partial charge in [-0.15, -0.1) is 0 Å². The minimum atomic E-state index is -0.282. The number of aliphatic hydroxyl groups is 1. The van der Waals surface area contributed by atoms with Crippen molar-refractivity contribution in [2.24, 2.45) is 0 Å². The Balaban J connectivity index is 2.03. The summed E-state index contributed by atoms with van der Waals surface area (Å²) in [6.07, 6.45) is 3.65. The van der Waals surface area contributed by atoms with Gasteiger partial charge in [0.1, 0.15) is 11.9 Å². The van der Waals surface area contributed by atoms with Crippen LogP contribution in [0.25, 0.3) is 0 Å². The maximum absolute atomic E-state index is 9.65. The van der Waals surface area contributed by atoms with Gasteiger partial charge in [-0.25, -0.2) is 0 Å². The van der Waals surface area contributed by atoms with Gasteiger partial charge in [0.05, 0.1) is 6.10 Å². The summed E-state index contributed by atoms with van der Waals surface area (Å²) in [5.41, 5.74) is 1.28. The molecule has 1 aliphatic carbocycles. The molecule has 2 heteroatoms. The van der Waals surface area contributed by atoms with E-state index in [-0.39, 0.29) is 12.2 Å². The molecule has 0 bridgehead atoms. The first-order valence-electron chi connectivity index (χ1n) is 5.73. The lowest BCUT2D eigenvalue weighted by molar-refractivity contribution is 0.0603. The lowest BCUT2D eigenvalue weighted by Crippen LogP contribution is -2.25. The zero-order valence-corrected chi connectivity index (χ0v) is 9.15. The smallest absolute Gasteiger partial charge is 0.124 e. The van der Waals surface area contributed by atoms with Crippen LogP contribution in [0.5, 0.6) is 5.75 Å². The molecule has 1 aromatic carbocycles. The van der Waals surface area contributed by atoms with E-state index in [0.717, 1.165) is 31.4 Å². The third kappa shape index (κ3) is 2.51. The number of rotatable bonds is 3. The van der Waals surface area contributed by atoms with Gasteiger partial charge in [-0.3, -0.25) is 0 Å². The molecule has 15 heavy (non-hydrogen) atoms. The zero-order valence-electron chi connectivity index (χ0n) is 9.15. The molecule has 0 saturated heterocycles. The average molecular weight is 206 g/mol. The van der Waals surface area contributed by atoms with Crippen molar-refractivity contribution in [3.63, 3.8) is 0 Å². The molecule has 0 heterocycles. The fourth-order valence-electron chi connectivity index (χ4n) is 2.06. The molecule has 0 spiro atoms. The average Bonchev–Trinajstić information content (AvgIpc) is 2.65. The van der Waals surface area contributed by atoms with E-state index in [4.69, 9.17) is 4.74 Å². The summed E-state index contributed by atoms with van der Waals surface area (Å²) in [6, 6.07) is 8.13. The second kappa shape index (κ2) is 4.67. The number of hydrogen-bond donors (Lipinski definition) is 1. The molecule has 0 unspecified atom stereocenters. The fourth-order valence-corrected chi connectivity index (χ4v) is 2.06. The molecule has 1 saturated carbocycles. The van der Waals surface area contributed by atoms with Crippen molar-refractivity contribution in [2.45, 2.75) is 44.8 Å². The number of aryl methyl sites for hydroxylation is 1. The minimum absolute atomic E-state index is 0.00268. The third-order valence-electron chi connectivity index (χ3n) is 3.01. The van der Waals surface area contributed by atoms with Crippen LogP contribution in [0.1, 0.15) is 31.7 Å². The van der Waals surface area contributed by atoms with Gasteiger partial charge < -0.3 is 9.84 Å². The Hall–Kier alpha value is -1.02. The lowest BCUT2D eigenvalue weighted by Gasteiger charge is -2.17. The summed E-state index contributed by atoms with van der Waals surface area (Å²) < 4.78 is 5.78. The van der Waals surface area contributed by atoms with E-state index >= 15 is 0 Å². The fraction of sp³-hybridized carbons (Fsp3) is 0.538. The van der Waals surface area contributed by atoms with Crippen molar-refractivity contribution >= 4 is 0 Å². The quantitative estimate of drug-likeness (QED) is 0.823. The number of ether oxygens (including phenoxy) is 1. The zero-order chi connectivity index (χ0) is 10.7. The van der Waals surface area contributed by atoms with Crippen molar-refractivity contribution in [3.8, 4) is 5.75 Å². The second-order valence-electron chi connectivity index (χ2n) is 4.16. The van der Waals surface area contributed by atoms with Crippen molar-refractivity contribution in [2.75, 3.05) is 0 Å². The van der Waals surface area contributed by atoms with E-state index in [1.807, 2.05) is 12.1 Å². The van der Waals surface area contributed by atoms with Crippen LogP contribution in [0.15, 0.2) is 24.3 Å². The Bertz CT molecular complexity index is 322. The second-order valence-corrected chi connectivity index (χ2v) is 4.16. The largest absolute Gasteiger partial charge is 0.488 e. The van der Waals surface area contributed by atoms with Gasteiger partial charge in [0.25, 0.3) is 0 Å². The highest BCUT2D eigenvalue weighted by Gasteiger charge is 2.26. The first kappa shape index (κ1) is 10.5. The highest BCUT2D eigenvalue weighted by Crippen LogP contribution is 2.25. The summed E-state index contributed by atoms with van der Waals surface area (Å²) in [5.74, 6) is 0.889. The minimum Gasteiger partial charge on any atom is -0.488 e. The SMILES string of the molecule is CCc1cccc(O[C@H]2CCC[C@@H]2O)c1. The maximum atomic E-state index is 9.65. The van der Waals surface area contributed by atoms with Gasteiger partial charge in [0.15, 0.2) is 0 Å². The third-order valence-corrected chi connectivity index (χ3v) is 3.01. The Morgan fingerprint density at radius 2 is 2.27 bits per heavy atom. The van der Waals surface area contributed by atoms with Crippen LogP contribution in [0.3, 0.4) is 0 Å². The van der Waals surface area contributed by atoms with Crippen molar-refractivity contribution in [3.05, 3.63) is 29.8 Å². The monoisotopic (exact) mass is 206 g/mol. The Labute approximate surface area is 90.9 Å². The van der Waals surface area contributed by atoms with Crippen LogP contribution in [-0.4, -0.2) is 17.3 Å². The van der Waals surface area contributed by atoms with Gasteiger partial charge in [0, 0.05) is 0 Å². The molecule has 1 fully saturated rings. The topological polar surface area (TPSA) is 29.5 Å². The van der Waals surface area contributed by atoms with E-state index in [0.29, 0.717) is 0 Å². The summed E-state index contributed by atoms with van der Waals surface area (Å²) in [5, 5.41) is 9.65. The molecular weight excluding hydrogens is 188 g/mol. The molecule has 82 valence electrons. The predicted molar refractivity (Wildman–Crippen MR) is 60.1 cm³/mol. The van der Waals surface area contributed by atoms with Crippen molar-refractivity contribution in [1.29, 1.82) is 0 Å². The highest BCUT2D eigenvalue weighted by atomic mass is 16.5. The molecule has 0 amide bonds. The summed E-state index contributed by atoms with van der Waals surface area (Å²) in [6.45, 7) is 2.13. The molecular formula is C13H18O2. The number of benzene rings is 1. The van der Waals surface area contributed by atoms with Crippen molar-refractivity contribution in [1.82, 2.24) is 0 Å². The molecule has 0 aliphatic heterocycles. The first-order valence-corrected chi connectivity index (χ1v) is 5.73. The lowest BCUT2D eigenvalue weighted by atomic mass is 10.1. The first-order chi connectivity index (χ1) is 7.29. The Morgan fingerprint density at radius 3 is 2.93 bits per heavy atom. The van der Waals surface area contributed by atoms with Gasteiger partial charge in [0.2, 0.25) is 0 Å². The molecule has 1 aliphatic rings. The van der Waals surface area contributed by atoms with Crippen LogP contribution in [0.4, 0.5) is 0 Å². The molecule has 0 aromatic heterocycles. The number of hydrogen-bond acceptors (Lipinski definition) is 2. The maximum Gasteiger partial charge on any atom is 0.124 e. The van der Waals surface area contributed by atoms with Gasteiger partial charge in [-0.05, 0) is 43.4 Å². The Kier molecular flexibility index (Phi) is 3.27. The summed E-state index contributed by atoms with van der Waals surface area (Å²) in [7, 11) is 0. The normalized spacial score (nSPS) is 25.5. The molecule has 2 nitrogen and oxygen atoms in total. The molecule has 2 atom stereocenters. The summed E-state index contributed by atoms with van der Waals surface area (Å²) in [4.78, 5) is 0. The molecule has 2 rings (SSSR count). The van der Waals surface area contributed by atoms with E-state index in [1.54, 1.807) is 0 Å². The van der Waals surface area contributed by atoms with E-state index in [9.17, 15) is 5.11 Å². The van der Waals surface area contributed by atoms with Crippen molar-refractivity contribution < 1.29 is 9.84 Å². The Morgan fingerprint density at radius 1 is 1.40 bits per heavy atom. The van der Waals surface area contributed by atoms with Crippen LogP contribution < -0.4 is 4.74 Å². The van der Waals surface area contributed by atoms with Crippen LogP contribution in [-0.2, 0) is 6.42 Å². The van der Waals surface area contributed by atoms with Gasteiger partial charge in [-0.2, -0.15) is 0 Å². The van der Waals surface area contributed by atoms with Gasteiger partial charge in [-0.1, -0.05) is 19.1 Å². The van der Waals surface area contributed by atoms with E-state index in [1.165, 1.54) is 5.56 Å².